The summed E-state index contributed by atoms with van der Waals surface area (Å²) in [6.07, 6.45) is 3.33. The Kier molecular flexibility index (Phi) is 5.64. The van der Waals surface area contributed by atoms with Crippen LogP contribution in [-0.4, -0.2) is 45.2 Å². The van der Waals surface area contributed by atoms with Crippen molar-refractivity contribution in [3.8, 4) is 0 Å². The number of fused-ring (bicyclic) bond motifs is 2. The van der Waals surface area contributed by atoms with E-state index in [9.17, 15) is 0 Å². The van der Waals surface area contributed by atoms with Gasteiger partial charge >= 0.3 is 0 Å². The van der Waals surface area contributed by atoms with E-state index in [0.717, 1.165) is 11.6 Å². The van der Waals surface area contributed by atoms with Gasteiger partial charge in [0.05, 0.1) is 0 Å². The number of hydrogen-bond acceptors (Lipinski definition) is 7. The van der Waals surface area contributed by atoms with Gasteiger partial charge in [0.2, 0.25) is 5.65 Å². The Morgan fingerprint density at radius 1 is 0.815 bits per heavy atom. The molecule has 142 valence electrons. The van der Waals surface area contributed by atoms with Crippen molar-refractivity contribution in [3.05, 3.63) is 39.5 Å². The molecule has 0 atom stereocenters. The van der Waals surface area contributed by atoms with Crippen molar-refractivity contribution in [3.63, 3.8) is 0 Å². The van der Waals surface area contributed by atoms with E-state index >= 15 is 0 Å². The van der Waals surface area contributed by atoms with Crippen molar-refractivity contribution in [1.82, 2.24) is 39.2 Å². The smallest absolute Gasteiger partial charge is 0.203 e. The van der Waals surface area contributed by atoms with E-state index in [-0.39, 0.29) is 11.2 Å². The van der Waals surface area contributed by atoms with Gasteiger partial charge in [0.25, 0.3) is 0 Å². The number of rotatable bonds is 2. The molecule has 27 heavy (non-hydrogen) atoms. The summed E-state index contributed by atoms with van der Waals surface area (Å²) in [4.78, 5) is 8.01. The van der Waals surface area contributed by atoms with Gasteiger partial charge in [-0.2, -0.15) is 0 Å². The van der Waals surface area contributed by atoms with Crippen molar-refractivity contribution < 1.29 is 0 Å². The predicted molar refractivity (Wildman–Crippen MR) is 105 cm³/mol. The lowest BCUT2D eigenvalue weighted by Crippen LogP contribution is -2.12. The first-order valence-corrected chi connectivity index (χ1v) is 9.07. The molecule has 0 aromatic carbocycles. The fraction of sp³-hybridized carbons (Fsp3) is 0.333. The van der Waals surface area contributed by atoms with Gasteiger partial charge in [0.15, 0.2) is 16.6 Å². The van der Waals surface area contributed by atoms with E-state index in [2.05, 4.69) is 35.7 Å². The van der Waals surface area contributed by atoms with Crippen LogP contribution in [0.25, 0.3) is 11.3 Å². The van der Waals surface area contributed by atoms with Crippen molar-refractivity contribution in [2.24, 2.45) is 0 Å². The molecule has 4 heterocycles. The van der Waals surface area contributed by atoms with E-state index in [1.807, 2.05) is 32.1 Å². The summed E-state index contributed by atoms with van der Waals surface area (Å²) in [5.74, 6) is 2.19. The molecule has 4 rings (SSSR count). The molecule has 0 bridgehead atoms. The number of hydrogen-bond donors (Lipinski definition) is 1. The molecule has 4 aromatic heterocycles. The third kappa shape index (κ3) is 4.20. The Balaban J connectivity index is 0.000000159. The highest BCUT2D eigenvalue weighted by atomic mass is 35.5. The van der Waals surface area contributed by atoms with Crippen LogP contribution in [0.15, 0.2) is 12.4 Å². The first kappa shape index (κ1) is 19.5. The summed E-state index contributed by atoms with van der Waals surface area (Å²) in [7, 11) is 0. The van der Waals surface area contributed by atoms with E-state index in [0.29, 0.717) is 27.4 Å². The Morgan fingerprint density at radius 2 is 1.33 bits per heavy atom. The molecule has 12 heteroatoms. The minimum Gasteiger partial charge on any atom is -0.365 e. The van der Waals surface area contributed by atoms with Crippen molar-refractivity contribution >= 4 is 51.9 Å². The number of anilines is 1. The third-order valence-corrected chi connectivity index (χ3v) is 4.07. The number of aryl methyl sites for hydroxylation is 2. The Bertz CT molecular complexity index is 1100. The van der Waals surface area contributed by atoms with Gasteiger partial charge in [-0.1, -0.05) is 34.8 Å². The van der Waals surface area contributed by atoms with Gasteiger partial charge in [-0.3, -0.25) is 8.80 Å². The normalized spacial score (nSPS) is 11.1. The number of halogens is 3. The van der Waals surface area contributed by atoms with E-state index < -0.39 is 0 Å². The summed E-state index contributed by atoms with van der Waals surface area (Å²) in [5.41, 5.74) is 1.23. The molecule has 1 N–H and O–H groups in total. The molecule has 0 radical (unpaired) electrons. The first-order chi connectivity index (χ1) is 12.8. The number of aromatic nitrogens is 8. The highest BCUT2D eigenvalue weighted by molar-refractivity contribution is 6.34. The average molecular weight is 429 g/mol. The molecule has 0 amide bonds. The highest BCUT2D eigenvalue weighted by Crippen LogP contribution is 2.18. The van der Waals surface area contributed by atoms with Gasteiger partial charge < -0.3 is 5.32 Å². The molecule has 0 aliphatic rings. The minimum atomic E-state index is 0.267. The minimum absolute atomic E-state index is 0.267. The molecule has 0 saturated carbocycles. The Hall–Kier alpha value is -2.23. The predicted octanol–water partition coefficient (Wildman–Crippen LogP) is 3.65. The molecular weight excluding hydrogens is 413 g/mol. The molecular formula is C15H16Cl3N9. The molecule has 0 spiro atoms. The van der Waals surface area contributed by atoms with E-state index in [4.69, 9.17) is 34.8 Å². The Morgan fingerprint density at radius 3 is 1.93 bits per heavy atom. The fourth-order valence-corrected chi connectivity index (χ4v) is 2.92. The summed E-state index contributed by atoms with van der Waals surface area (Å²) >= 11 is 17.3. The number of nitrogens with zero attached hydrogens (tertiary/aromatic N) is 8. The van der Waals surface area contributed by atoms with Crippen LogP contribution in [0.4, 0.5) is 5.82 Å². The second kappa shape index (κ2) is 7.79. The lowest BCUT2D eigenvalue weighted by atomic mass is 10.4. The Labute approximate surface area is 169 Å². The maximum absolute atomic E-state index is 5.91. The average Bonchev–Trinajstić information content (AvgIpc) is 3.12. The standard InChI is InChI=1S/C9H12ClN5.C6H4Cl2N4/c1-5(2)11-8-9-14-13-6(3)15(9)4-7(10)12-8;1-3-10-11-6-5(8)9-4(7)2-12(3)6/h4-5H,1-3H3,(H,11,12);2H,1H3. The van der Waals surface area contributed by atoms with Gasteiger partial charge in [0, 0.05) is 18.4 Å². The van der Waals surface area contributed by atoms with Crippen LogP contribution in [0.2, 0.25) is 15.5 Å². The van der Waals surface area contributed by atoms with Crippen LogP contribution in [0.5, 0.6) is 0 Å². The SMILES string of the molecule is Cc1nnc2c(Cl)nc(Cl)cn12.Cc1nnc2c(NC(C)C)nc(Cl)cn12. The monoisotopic (exact) mass is 427 g/mol. The molecule has 0 saturated heterocycles. The maximum atomic E-state index is 5.91. The first-order valence-electron chi connectivity index (χ1n) is 7.94. The topological polar surface area (TPSA) is 98.2 Å². The maximum Gasteiger partial charge on any atom is 0.203 e. The van der Waals surface area contributed by atoms with Gasteiger partial charge in [-0.25, -0.2) is 9.97 Å². The molecule has 0 aliphatic heterocycles. The van der Waals surface area contributed by atoms with Crippen LogP contribution in [0.3, 0.4) is 0 Å². The van der Waals surface area contributed by atoms with Crippen molar-refractivity contribution in [2.45, 2.75) is 33.7 Å². The zero-order valence-electron chi connectivity index (χ0n) is 14.9. The number of nitrogens with one attached hydrogen (secondary N) is 1. The summed E-state index contributed by atoms with van der Waals surface area (Å²) in [5, 5.41) is 19.9. The second-order valence-corrected chi connectivity index (χ2v) is 7.08. The summed E-state index contributed by atoms with van der Waals surface area (Å²) in [6, 6.07) is 0.275. The second-order valence-electron chi connectivity index (χ2n) is 5.95. The van der Waals surface area contributed by atoms with Crippen molar-refractivity contribution in [1.29, 1.82) is 0 Å². The van der Waals surface area contributed by atoms with Gasteiger partial charge in [-0.15, -0.1) is 20.4 Å². The zero-order valence-corrected chi connectivity index (χ0v) is 17.2. The van der Waals surface area contributed by atoms with E-state index in [1.54, 1.807) is 16.8 Å². The van der Waals surface area contributed by atoms with Crippen LogP contribution < -0.4 is 5.32 Å². The fourth-order valence-electron chi connectivity index (χ4n) is 2.29. The van der Waals surface area contributed by atoms with Crippen LogP contribution >= 0.6 is 34.8 Å². The largest absolute Gasteiger partial charge is 0.365 e. The molecule has 0 fully saturated rings. The highest BCUT2D eigenvalue weighted by Gasteiger charge is 2.10. The van der Waals surface area contributed by atoms with Gasteiger partial charge in [0.1, 0.15) is 22.0 Å². The molecule has 0 unspecified atom stereocenters. The molecule has 9 nitrogen and oxygen atoms in total. The van der Waals surface area contributed by atoms with Crippen LogP contribution in [-0.2, 0) is 0 Å². The summed E-state index contributed by atoms with van der Waals surface area (Å²) in [6.45, 7) is 7.74. The summed E-state index contributed by atoms with van der Waals surface area (Å²) < 4.78 is 3.51. The molecule has 4 aromatic rings. The third-order valence-electron chi connectivity index (χ3n) is 3.45. The lowest BCUT2D eigenvalue weighted by molar-refractivity contribution is 0.886. The lowest BCUT2D eigenvalue weighted by Gasteiger charge is -2.09. The van der Waals surface area contributed by atoms with Gasteiger partial charge in [-0.05, 0) is 27.7 Å². The zero-order chi connectivity index (χ0) is 19.7. The van der Waals surface area contributed by atoms with Crippen molar-refractivity contribution in [2.75, 3.05) is 5.32 Å². The quantitative estimate of drug-likeness (QED) is 0.520. The van der Waals surface area contributed by atoms with Crippen LogP contribution in [0.1, 0.15) is 25.5 Å². The van der Waals surface area contributed by atoms with E-state index in [1.165, 1.54) is 0 Å². The van der Waals surface area contributed by atoms with Crippen LogP contribution in [0, 0.1) is 13.8 Å². The molecule has 0 aliphatic carbocycles.